The molecule has 9 heteroatoms. The Balaban J connectivity index is 2.85. The summed E-state index contributed by atoms with van der Waals surface area (Å²) in [5.74, 6) is 0.324. The van der Waals surface area contributed by atoms with Crippen molar-refractivity contribution in [1.29, 1.82) is 0 Å². The molecule has 0 spiro atoms. The fraction of sp³-hybridized carbons (Fsp3) is 0.556. The normalized spacial score (nSPS) is 13.1. The summed E-state index contributed by atoms with van der Waals surface area (Å²) in [6.45, 7) is 4.57. The molecule has 152 valence electrons. The lowest BCUT2D eigenvalue weighted by Crippen LogP contribution is -2.41. The Morgan fingerprint density at radius 3 is 2.59 bits per heavy atom. The van der Waals surface area contributed by atoms with Crippen LogP contribution in [0, 0.1) is 6.92 Å². The van der Waals surface area contributed by atoms with Crippen molar-refractivity contribution in [2.24, 2.45) is 4.99 Å². The van der Waals surface area contributed by atoms with Crippen LogP contribution in [0.2, 0.25) is 0 Å². The van der Waals surface area contributed by atoms with Gasteiger partial charge in [-0.1, -0.05) is 17.7 Å². The summed E-state index contributed by atoms with van der Waals surface area (Å²) in [6.07, 6.45) is -4.44. The molecule has 1 amide bonds. The SMILES string of the molecule is CCNC(=NCC(=O)N(C)CC(F)(F)F)NC(C)c1cc(C)ccc1OC. The van der Waals surface area contributed by atoms with E-state index in [0.717, 1.165) is 18.2 Å². The number of methoxy groups -OCH3 is 1. The highest BCUT2D eigenvalue weighted by molar-refractivity contribution is 5.85. The van der Waals surface area contributed by atoms with Gasteiger partial charge in [0.2, 0.25) is 5.91 Å². The Labute approximate surface area is 157 Å². The third-order valence-electron chi connectivity index (χ3n) is 3.76. The average molecular weight is 388 g/mol. The largest absolute Gasteiger partial charge is 0.496 e. The first-order chi connectivity index (χ1) is 12.6. The first kappa shape index (κ1) is 22.6. The number of carbonyl (C=O) groups is 1. The molecule has 6 nitrogen and oxygen atoms in total. The van der Waals surface area contributed by atoms with Gasteiger partial charge in [0, 0.05) is 19.2 Å². The number of ether oxygens (including phenoxy) is 1. The molecular formula is C18H27F3N4O2. The van der Waals surface area contributed by atoms with E-state index in [4.69, 9.17) is 4.74 Å². The second kappa shape index (κ2) is 10.0. The summed E-state index contributed by atoms with van der Waals surface area (Å²) >= 11 is 0. The van der Waals surface area contributed by atoms with Crippen molar-refractivity contribution in [2.75, 3.05) is 33.8 Å². The van der Waals surface area contributed by atoms with Crippen molar-refractivity contribution in [3.63, 3.8) is 0 Å². The van der Waals surface area contributed by atoms with Gasteiger partial charge in [0.15, 0.2) is 5.96 Å². The Morgan fingerprint density at radius 1 is 1.37 bits per heavy atom. The standard InChI is InChI=1S/C18H27F3N4O2/c1-6-22-17(23-10-16(26)25(4)11-18(19,20)21)24-13(3)14-9-12(2)7-8-15(14)27-5/h7-9,13H,6,10-11H2,1-5H3,(H2,22,23,24). The molecule has 2 N–H and O–H groups in total. The van der Waals surface area contributed by atoms with Crippen LogP contribution in [0.1, 0.15) is 31.0 Å². The molecule has 1 aromatic rings. The minimum atomic E-state index is -4.44. The van der Waals surface area contributed by atoms with E-state index < -0.39 is 18.6 Å². The van der Waals surface area contributed by atoms with Crippen molar-refractivity contribution in [3.05, 3.63) is 29.3 Å². The number of hydrogen-bond donors (Lipinski definition) is 2. The zero-order chi connectivity index (χ0) is 20.6. The van der Waals surface area contributed by atoms with Crippen LogP contribution in [-0.2, 0) is 4.79 Å². The second-order valence-corrected chi connectivity index (χ2v) is 6.17. The van der Waals surface area contributed by atoms with Crippen molar-refractivity contribution in [1.82, 2.24) is 15.5 Å². The first-order valence-corrected chi connectivity index (χ1v) is 8.57. The molecule has 0 aromatic heterocycles. The molecule has 0 saturated carbocycles. The second-order valence-electron chi connectivity index (χ2n) is 6.17. The van der Waals surface area contributed by atoms with Crippen molar-refractivity contribution < 1.29 is 22.7 Å². The summed E-state index contributed by atoms with van der Waals surface area (Å²) in [7, 11) is 2.68. The summed E-state index contributed by atoms with van der Waals surface area (Å²) in [4.78, 5) is 16.6. The molecule has 0 bridgehead atoms. The fourth-order valence-corrected chi connectivity index (χ4v) is 2.42. The third-order valence-corrected chi connectivity index (χ3v) is 3.76. The van der Waals surface area contributed by atoms with Crippen molar-refractivity contribution in [3.8, 4) is 5.75 Å². The zero-order valence-corrected chi connectivity index (χ0v) is 16.3. The van der Waals surface area contributed by atoms with Gasteiger partial charge in [-0.15, -0.1) is 0 Å². The predicted octanol–water partition coefficient (Wildman–Crippen LogP) is 2.64. The number of aliphatic imine (C=N–C) groups is 1. The van der Waals surface area contributed by atoms with E-state index in [9.17, 15) is 18.0 Å². The van der Waals surface area contributed by atoms with Gasteiger partial charge in [-0.3, -0.25) is 4.79 Å². The van der Waals surface area contributed by atoms with Crippen LogP contribution in [0.4, 0.5) is 13.2 Å². The van der Waals surface area contributed by atoms with E-state index in [1.807, 2.05) is 39.0 Å². The fourth-order valence-electron chi connectivity index (χ4n) is 2.42. The molecule has 1 unspecified atom stereocenters. The Hall–Kier alpha value is -2.45. The van der Waals surface area contributed by atoms with Crippen LogP contribution in [0.15, 0.2) is 23.2 Å². The maximum Gasteiger partial charge on any atom is 0.406 e. The number of aryl methyl sites for hydroxylation is 1. The van der Waals surface area contributed by atoms with Crippen LogP contribution in [0.3, 0.4) is 0 Å². The number of rotatable bonds is 7. The van der Waals surface area contributed by atoms with Gasteiger partial charge >= 0.3 is 6.18 Å². The van der Waals surface area contributed by atoms with E-state index in [1.54, 1.807) is 7.11 Å². The van der Waals surface area contributed by atoms with Crippen LogP contribution in [0.25, 0.3) is 0 Å². The smallest absolute Gasteiger partial charge is 0.406 e. The van der Waals surface area contributed by atoms with E-state index >= 15 is 0 Å². The Bertz CT molecular complexity index is 662. The number of amides is 1. The van der Waals surface area contributed by atoms with Gasteiger partial charge < -0.3 is 20.3 Å². The molecular weight excluding hydrogens is 361 g/mol. The number of nitrogens with zero attached hydrogens (tertiary/aromatic N) is 2. The molecule has 0 aliphatic heterocycles. The summed E-state index contributed by atoms with van der Waals surface area (Å²) in [5, 5.41) is 6.13. The van der Waals surface area contributed by atoms with Crippen LogP contribution in [0.5, 0.6) is 5.75 Å². The Morgan fingerprint density at radius 2 is 2.04 bits per heavy atom. The average Bonchev–Trinajstić information content (AvgIpc) is 2.57. The number of hydrogen-bond acceptors (Lipinski definition) is 3. The maximum absolute atomic E-state index is 12.4. The maximum atomic E-state index is 12.4. The highest BCUT2D eigenvalue weighted by atomic mass is 19.4. The molecule has 0 fully saturated rings. The molecule has 0 aliphatic carbocycles. The van der Waals surface area contributed by atoms with Gasteiger partial charge in [0.25, 0.3) is 0 Å². The minimum absolute atomic E-state index is 0.194. The number of benzene rings is 1. The van der Waals surface area contributed by atoms with Crippen LogP contribution >= 0.6 is 0 Å². The van der Waals surface area contributed by atoms with Crippen LogP contribution in [-0.4, -0.2) is 56.7 Å². The molecule has 1 aromatic carbocycles. The molecule has 1 atom stereocenters. The number of nitrogens with one attached hydrogen (secondary N) is 2. The monoisotopic (exact) mass is 388 g/mol. The number of halogens is 3. The minimum Gasteiger partial charge on any atom is -0.496 e. The summed E-state index contributed by atoms with van der Waals surface area (Å²) in [6, 6.07) is 5.58. The third kappa shape index (κ3) is 7.76. The zero-order valence-electron chi connectivity index (χ0n) is 16.3. The van der Waals surface area contributed by atoms with Gasteiger partial charge in [-0.05, 0) is 26.8 Å². The predicted molar refractivity (Wildman–Crippen MR) is 99.0 cm³/mol. The van der Waals surface area contributed by atoms with E-state index in [0.29, 0.717) is 23.2 Å². The summed E-state index contributed by atoms with van der Waals surface area (Å²) in [5.41, 5.74) is 1.97. The molecule has 0 radical (unpaired) electrons. The lowest BCUT2D eigenvalue weighted by Gasteiger charge is -2.21. The highest BCUT2D eigenvalue weighted by Crippen LogP contribution is 2.26. The van der Waals surface area contributed by atoms with E-state index in [1.165, 1.54) is 0 Å². The molecule has 1 rings (SSSR count). The van der Waals surface area contributed by atoms with Crippen molar-refractivity contribution in [2.45, 2.75) is 33.0 Å². The van der Waals surface area contributed by atoms with Crippen LogP contribution < -0.4 is 15.4 Å². The highest BCUT2D eigenvalue weighted by Gasteiger charge is 2.31. The number of guanidine groups is 1. The molecule has 0 heterocycles. The molecule has 0 aliphatic rings. The lowest BCUT2D eigenvalue weighted by molar-refractivity contribution is -0.157. The summed E-state index contributed by atoms with van der Waals surface area (Å²) < 4.78 is 42.5. The number of carbonyl (C=O) groups excluding carboxylic acids is 1. The number of likely N-dealkylation sites (N-methyl/N-ethyl adjacent to an activating group) is 1. The van der Waals surface area contributed by atoms with E-state index in [2.05, 4.69) is 15.6 Å². The van der Waals surface area contributed by atoms with E-state index in [-0.39, 0.29) is 12.6 Å². The Kier molecular flexibility index (Phi) is 8.39. The first-order valence-electron chi connectivity index (χ1n) is 8.57. The van der Waals surface area contributed by atoms with Gasteiger partial charge in [-0.25, -0.2) is 4.99 Å². The van der Waals surface area contributed by atoms with Gasteiger partial charge in [0.1, 0.15) is 18.8 Å². The van der Waals surface area contributed by atoms with Gasteiger partial charge in [-0.2, -0.15) is 13.2 Å². The van der Waals surface area contributed by atoms with Crippen molar-refractivity contribution >= 4 is 11.9 Å². The topological polar surface area (TPSA) is 66.0 Å². The van der Waals surface area contributed by atoms with Gasteiger partial charge in [0.05, 0.1) is 13.2 Å². The lowest BCUT2D eigenvalue weighted by atomic mass is 10.0. The molecule has 27 heavy (non-hydrogen) atoms. The quantitative estimate of drug-likeness (QED) is 0.557. The number of alkyl halides is 3. The molecule has 0 saturated heterocycles.